The fraction of sp³-hybridized carbons (Fsp3) is 0.143. The number of ether oxygens (including phenoxy) is 1. The van der Waals surface area contributed by atoms with Crippen molar-refractivity contribution in [1.29, 1.82) is 0 Å². The number of hydrogen-bond acceptors (Lipinski definition) is 7. The van der Waals surface area contributed by atoms with Crippen LogP contribution in [0, 0.1) is 6.92 Å². The van der Waals surface area contributed by atoms with E-state index in [4.69, 9.17) is 4.74 Å². The van der Waals surface area contributed by atoms with Crippen molar-refractivity contribution in [2.75, 3.05) is 0 Å². The normalized spacial score (nSPS) is 11.3. The molecule has 0 fully saturated rings. The highest BCUT2D eigenvalue weighted by Gasteiger charge is 2.18. The van der Waals surface area contributed by atoms with Gasteiger partial charge in [0.15, 0.2) is 5.65 Å². The smallest absolute Gasteiger partial charge is 0.339 e. The number of thiophene rings is 1. The number of pyridine rings is 1. The first-order chi connectivity index (χ1) is 14.2. The number of aromatic nitrogens is 4. The molecule has 0 amide bonds. The molecule has 0 atom stereocenters. The minimum absolute atomic E-state index is 0.143. The van der Waals surface area contributed by atoms with E-state index in [2.05, 4.69) is 21.1 Å². The molecule has 0 aliphatic rings. The lowest BCUT2D eigenvalue weighted by molar-refractivity contribution is 0.0475. The summed E-state index contributed by atoms with van der Waals surface area (Å²) in [6.07, 6.45) is 1.68. The van der Waals surface area contributed by atoms with Crippen molar-refractivity contribution in [2.24, 2.45) is 0 Å². The van der Waals surface area contributed by atoms with Gasteiger partial charge in [0.25, 0.3) is 0 Å². The number of fused-ring (bicyclic) bond motifs is 2. The van der Waals surface area contributed by atoms with Crippen LogP contribution in [0.3, 0.4) is 0 Å². The summed E-state index contributed by atoms with van der Waals surface area (Å²) < 4.78 is 8.47. The third-order valence-corrected chi connectivity index (χ3v) is 6.38. The SMILES string of the molecule is Cc1cc(C(=O)OCc2nc3ccccc3s2)c2cnn(Cc3cccs3)c2n1. The molecular weight excluding hydrogens is 404 g/mol. The number of hydrogen-bond donors (Lipinski definition) is 0. The van der Waals surface area contributed by atoms with Gasteiger partial charge in [0, 0.05) is 10.6 Å². The van der Waals surface area contributed by atoms with Gasteiger partial charge in [-0.15, -0.1) is 22.7 Å². The van der Waals surface area contributed by atoms with E-state index in [1.54, 1.807) is 23.6 Å². The summed E-state index contributed by atoms with van der Waals surface area (Å²) in [5, 5.41) is 7.95. The Labute approximate surface area is 174 Å². The summed E-state index contributed by atoms with van der Waals surface area (Å²) in [6, 6.07) is 13.7. The molecule has 0 spiro atoms. The van der Waals surface area contributed by atoms with E-state index in [0.29, 0.717) is 23.1 Å². The molecule has 0 unspecified atom stereocenters. The first-order valence-corrected chi connectivity index (χ1v) is 10.7. The molecule has 0 saturated carbocycles. The zero-order valence-electron chi connectivity index (χ0n) is 15.5. The molecule has 0 aliphatic carbocycles. The Hall–Kier alpha value is -3.10. The number of aryl methyl sites for hydroxylation is 1. The van der Waals surface area contributed by atoms with E-state index < -0.39 is 5.97 Å². The number of rotatable bonds is 5. The zero-order valence-corrected chi connectivity index (χ0v) is 17.2. The van der Waals surface area contributed by atoms with Gasteiger partial charge >= 0.3 is 5.97 Å². The molecule has 0 N–H and O–H groups in total. The predicted octanol–water partition coefficient (Wildman–Crippen LogP) is 4.82. The maximum absolute atomic E-state index is 12.8. The van der Waals surface area contributed by atoms with Crippen LogP contribution in [0.25, 0.3) is 21.3 Å². The molecule has 4 aromatic heterocycles. The average Bonchev–Trinajstić information content (AvgIpc) is 3.46. The van der Waals surface area contributed by atoms with Crippen molar-refractivity contribution < 1.29 is 9.53 Å². The van der Waals surface area contributed by atoms with Crippen LogP contribution in [-0.4, -0.2) is 25.7 Å². The van der Waals surface area contributed by atoms with Gasteiger partial charge in [-0.25, -0.2) is 19.4 Å². The lowest BCUT2D eigenvalue weighted by atomic mass is 10.1. The monoisotopic (exact) mass is 420 g/mol. The minimum atomic E-state index is -0.393. The lowest BCUT2D eigenvalue weighted by Crippen LogP contribution is -2.08. The van der Waals surface area contributed by atoms with E-state index in [1.807, 2.05) is 47.3 Å². The summed E-state index contributed by atoms with van der Waals surface area (Å²) in [6.45, 7) is 2.63. The van der Waals surface area contributed by atoms with Crippen LogP contribution >= 0.6 is 22.7 Å². The Morgan fingerprint density at radius 1 is 1.17 bits per heavy atom. The van der Waals surface area contributed by atoms with E-state index in [1.165, 1.54) is 16.2 Å². The van der Waals surface area contributed by atoms with Crippen LogP contribution in [0.5, 0.6) is 0 Å². The number of carbonyl (C=O) groups is 1. The molecule has 0 radical (unpaired) electrons. The lowest BCUT2D eigenvalue weighted by Gasteiger charge is -2.06. The Morgan fingerprint density at radius 3 is 2.90 bits per heavy atom. The summed E-state index contributed by atoms with van der Waals surface area (Å²) in [5.41, 5.74) is 2.83. The number of para-hydroxylation sites is 1. The van der Waals surface area contributed by atoms with Crippen LogP contribution in [-0.2, 0) is 17.9 Å². The largest absolute Gasteiger partial charge is 0.455 e. The first kappa shape index (κ1) is 18.0. The van der Waals surface area contributed by atoms with E-state index in [0.717, 1.165) is 20.9 Å². The summed E-state index contributed by atoms with van der Waals surface area (Å²) in [4.78, 5) is 23.1. The standard InChI is InChI=1S/C21H16N4O2S2/c1-13-9-15(16-10-22-25(20(16)23-13)11-14-5-4-8-28-14)21(26)27-12-19-24-17-6-2-3-7-18(17)29-19/h2-10H,11-12H2,1H3. The summed E-state index contributed by atoms with van der Waals surface area (Å²) in [7, 11) is 0. The van der Waals surface area contributed by atoms with Crippen LogP contribution in [0.2, 0.25) is 0 Å². The van der Waals surface area contributed by atoms with Gasteiger partial charge in [0.2, 0.25) is 0 Å². The van der Waals surface area contributed by atoms with E-state index in [9.17, 15) is 4.79 Å². The van der Waals surface area contributed by atoms with Crippen LogP contribution in [0.4, 0.5) is 0 Å². The Bertz CT molecular complexity index is 1290. The molecule has 8 heteroatoms. The van der Waals surface area contributed by atoms with Gasteiger partial charge in [0.05, 0.1) is 33.9 Å². The van der Waals surface area contributed by atoms with Crippen molar-refractivity contribution in [3.8, 4) is 0 Å². The molecule has 29 heavy (non-hydrogen) atoms. The third kappa shape index (κ3) is 3.52. The number of carbonyl (C=O) groups excluding carboxylic acids is 1. The molecule has 6 nitrogen and oxygen atoms in total. The molecule has 5 aromatic rings. The maximum Gasteiger partial charge on any atom is 0.339 e. The molecule has 4 heterocycles. The molecule has 0 saturated heterocycles. The highest BCUT2D eigenvalue weighted by Crippen LogP contribution is 2.24. The second-order valence-electron chi connectivity index (χ2n) is 6.58. The zero-order chi connectivity index (χ0) is 19.8. The molecular formula is C21H16N4O2S2. The fourth-order valence-corrected chi connectivity index (χ4v) is 4.76. The van der Waals surface area contributed by atoms with E-state index in [-0.39, 0.29) is 6.61 Å². The Balaban J connectivity index is 1.41. The molecule has 1 aromatic carbocycles. The van der Waals surface area contributed by atoms with Gasteiger partial charge in [-0.2, -0.15) is 5.10 Å². The summed E-state index contributed by atoms with van der Waals surface area (Å²) >= 11 is 3.20. The van der Waals surface area contributed by atoms with Gasteiger partial charge in [0.1, 0.15) is 11.6 Å². The molecule has 144 valence electrons. The second-order valence-corrected chi connectivity index (χ2v) is 8.73. The summed E-state index contributed by atoms with van der Waals surface area (Å²) in [5.74, 6) is -0.393. The number of esters is 1. The maximum atomic E-state index is 12.8. The van der Waals surface area contributed by atoms with Crippen LogP contribution < -0.4 is 0 Å². The van der Waals surface area contributed by atoms with Crippen molar-refractivity contribution in [3.63, 3.8) is 0 Å². The highest BCUT2D eigenvalue weighted by atomic mass is 32.1. The predicted molar refractivity (Wildman–Crippen MR) is 114 cm³/mol. The Kier molecular flexibility index (Phi) is 4.57. The molecule has 0 bridgehead atoms. The third-order valence-electron chi connectivity index (χ3n) is 4.51. The number of nitrogens with zero attached hydrogens (tertiary/aromatic N) is 4. The van der Waals surface area contributed by atoms with Crippen LogP contribution in [0.1, 0.15) is 25.9 Å². The fourth-order valence-electron chi connectivity index (χ4n) is 3.19. The second kappa shape index (κ2) is 7.38. The van der Waals surface area contributed by atoms with Crippen molar-refractivity contribution in [2.45, 2.75) is 20.1 Å². The van der Waals surface area contributed by atoms with Crippen molar-refractivity contribution in [3.05, 3.63) is 75.2 Å². The van der Waals surface area contributed by atoms with Crippen LogP contribution in [0.15, 0.2) is 54.0 Å². The van der Waals surface area contributed by atoms with Gasteiger partial charge in [-0.1, -0.05) is 18.2 Å². The van der Waals surface area contributed by atoms with Crippen molar-refractivity contribution >= 4 is 49.9 Å². The number of benzene rings is 1. The topological polar surface area (TPSA) is 69.9 Å². The molecule has 5 rings (SSSR count). The molecule has 0 aliphatic heterocycles. The highest BCUT2D eigenvalue weighted by molar-refractivity contribution is 7.18. The Morgan fingerprint density at radius 2 is 2.07 bits per heavy atom. The van der Waals surface area contributed by atoms with Gasteiger partial charge in [-0.3, -0.25) is 0 Å². The first-order valence-electron chi connectivity index (χ1n) is 9.04. The van der Waals surface area contributed by atoms with E-state index >= 15 is 0 Å². The van der Waals surface area contributed by atoms with Gasteiger partial charge < -0.3 is 4.74 Å². The van der Waals surface area contributed by atoms with Gasteiger partial charge in [-0.05, 0) is 36.6 Å². The quantitative estimate of drug-likeness (QED) is 0.381. The average molecular weight is 421 g/mol. The minimum Gasteiger partial charge on any atom is -0.455 e. The number of thiazole rings is 1. The van der Waals surface area contributed by atoms with Crippen molar-refractivity contribution in [1.82, 2.24) is 19.7 Å².